The first-order chi connectivity index (χ1) is 7.10. The Kier molecular flexibility index (Phi) is 3.86. The summed E-state index contributed by atoms with van der Waals surface area (Å²) in [5, 5.41) is 0.246. The van der Waals surface area contributed by atoms with Gasteiger partial charge in [0.2, 0.25) is 0 Å². The minimum absolute atomic E-state index is 0.138. The van der Waals surface area contributed by atoms with E-state index in [9.17, 15) is 9.59 Å². The highest BCUT2D eigenvalue weighted by Gasteiger charge is 2.16. The maximum atomic E-state index is 11.5. The number of rotatable bonds is 3. The summed E-state index contributed by atoms with van der Waals surface area (Å²) < 4.78 is 4.81. The second-order valence-corrected chi connectivity index (χ2v) is 3.46. The third-order valence-corrected chi connectivity index (χ3v) is 2.17. The van der Waals surface area contributed by atoms with Gasteiger partial charge in [0.05, 0.1) is 17.2 Å². The minimum atomic E-state index is -0.565. The summed E-state index contributed by atoms with van der Waals surface area (Å²) in [4.78, 5) is 22.3. The molecule has 0 atom stereocenters. The molecule has 15 heavy (non-hydrogen) atoms. The number of esters is 1. The van der Waals surface area contributed by atoms with Gasteiger partial charge in [-0.05, 0) is 31.5 Å². The molecule has 0 aliphatic carbocycles. The summed E-state index contributed by atoms with van der Waals surface area (Å²) in [6.45, 7) is 3.75. The summed E-state index contributed by atoms with van der Waals surface area (Å²) in [5.74, 6) is -0.565. The largest absolute Gasteiger partial charge is 0.462 e. The van der Waals surface area contributed by atoms with Crippen LogP contribution in [0.5, 0.6) is 0 Å². The highest BCUT2D eigenvalue weighted by atomic mass is 35.5. The zero-order valence-electron chi connectivity index (χ0n) is 8.54. The van der Waals surface area contributed by atoms with Crippen molar-refractivity contribution in [3.05, 3.63) is 33.8 Å². The molecule has 0 aromatic heterocycles. The molecular formula is C11H11ClO3. The molecule has 1 rings (SSSR count). The number of carbonyl (C=O) groups excluding carboxylic acids is 2. The van der Waals surface area contributed by atoms with Crippen LogP contribution in [-0.2, 0) is 4.74 Å². The molecule has 0 radical (unpaired) electrons. The van der Waals surface area contributed by atoms with Crippen molar-refractivity contribution in [3.8, 4) is 0 Å². The summed E-state index contributed by atoms with van der Waals surface area (Å²) in [6.07, 6.45) is 0.602. The van der Waals surface area contributed by atoms with E-state index in [1.807, 2.05) is 0 Å². The van der Waals surface area contributed by atoms with Crippen molar-refractivity contribution in [2.45, 2.75) is 13.8 Å². The Morgan fingerprint density at radius 3 is 2.73 bits per heavy atom. The Balaban J connectivity index is 3.26. The summed E-state index contributed by atoms with van der Waals surface area (Å²) in [6, 6.07) is 3.23. The first-order valence-electron chi connectivity index (χ1n) is 4.52. The highest BCUT2D eigenvalue weighted by Crippen LogP contribution is 2.22. The number of carbonyl (C=O) groups is 2. The number of hydrogen-bond donors (Lipinski definition) is 0. The van der Waals surface area contributed by atoms with Crippen molar-refractivity contribution in [1.82, 2.24) is 0 Å². The predicted molar refractivity (Wildman–Crippen MR) is 57.5 cm³/mol. The number of hydrogen-bond acceptors (Lipinski definition) is 3. The van der Waals surface area contributed by atoms with Crippen LogP contribution in [0.2, 0.25) is 5.02 Å². The van der Waals surface area contributed by atoms with Crippen molar-refractivity contribution in [2.75, 3.05) is 6.61 Å². The van der Waals surface area contributed by atoms with Gasteiger partial charge in [-0.25, -0.2) is 4.79 Å². The maximum Gasteiger partial charge on any atom is 0.340 e. The molecule has 0 aliphatic rings. The first-order valence-corrected chi connectivity index (χ1v) is 4.90. The summed E-state index contributed by atoms with van der Waals surface area (Å²) in [5.41, 5.74) is 1.23. The Hall–Kier alpha value is -1.35. The van der Waals surface area contributed by atoms with Gasteiger partial charge in [-0.15, -0.1) is 0 Å². The average Bonchev–Trinajstić information content (AvgIpc) is 2.16. The van der Waals surface area contributed by atoms with Gasteiger partial charge in [0, 0.05) is 5.56 Å². The van der Waals surface area contributed by atoms with E-state index in [1.165, 1.54) is 0 Å². The lowest BCUT2D eigenvalue weighted by atomic mass is 10.1. The highest BCUT2D eigenvalue weighted by molar-refractivity contribution is 6.34. The standard InChI is InChI=1S/C11H11ClO3/c1-3-15-11(14)10-8(6-13)4-7(2)5-9(10)12/h4-6H,3H2,1-2H3. The van der Waals surface area contributed by atoms with Crippen molar-refractivity contribution in [2.24, 2.45) is 0 Å². The van der Waals surface area contributed by atoms with Crippen LogP contribution in [0.15, 0.2) is 12.1 Å². The zero-order chi connectivity index (χ0) is 11.4. The Morgan fingerprint density at radius 1 is 1.53 bits per heavy atom. The molecular weight excluding hydrogens is 216 g/mol. The van der Waals surface area contributed by atoms with Gasteiger partial charge in [-0.2, -0.15) is 0 Å². The topological polar surface area (TPSA) is 43.4 Å². The molecule has 0 heterocycles. The third-order valence-electron chi connectivity index (χ3n) is 1.87. The van der Waals surface area contributed by atoms with Gasteiger partial charge in [0.15, 0.2) is 6.29 Å². The second kappa shape index (κ2) is 4.94. The fraction of sp³-hybridized carbons (Fsp3) is 0.273. The van der Waals surface area contributed by atoms with E-state index in [2.05, 4.69) is 0 Å². The molecule has 80 valence electrons. The van der Waals surface area contributed by atoms with E-state index in [0.717, 1.165) is 5.56 Å². The number of aryl methyl sites for hydroxylation is 1. The van der Waals surface area contributed by atoms with E-state index in [4.69, 9.17) is 16.3 Å². The molecule has 0 amide bonds. The molecule has 4 heteroatoms. The van der Waals surface area contributed by atoms with E-state index in [-0.39, 0.29) is 22.8 Å². The zero-order valence-corrected chi connectivity index (χ0v) is 9.30. The Labute approximate surface area is 93.0 Å². The van der Waals surface area contributed by atoms with Gasteiger partial charge < -0.3 is 4.74 Å². The van der Waals surface area contributed by atoms with Gasteiger partial charge in [-0.3, -0.25) is 4.79 Å². The maximum absolute atomic E-state index is 11.5. The lowest BCUT2D eigenvalue weighted by Crippen LogP contribution is -2.09. The van der Waals surface area contributed by atoms with Crippen molar-refractivity contribution < 1.29 is 14.3 Å². The fourth-order valence-corrected chi connectivity index (χ4v) is 1.64. The van der Waals surface area contributed by atoms with Crippen LogP contribution >= 0.6 is 11.6 Å². The van der Waals surface area contributed by atoms with Crippen LogP contribution in [0, 0.1) is 6.92 Å². The number of halogens is 1. The van der Waals surface area contributed by atoms with Crippen molar-refractivity contribution in [3.63, 3.8) is 0 Å². The molecule has 1 aromatic rings. The van der Waals surface area contributed by atoms with Crippen molar-refractivity contribution >= 4 is 23.9 Å². The molecule has 0 N–H and O–H groups in total. The van der Waals surface area contributed by atoms with Crippen LogP contribution in [0.25, 0.3) is 0 Å². The minimum Gasteiger partial charge on any atom is -0.462 e. The summed E-state index contributed by atoms with van der Waals surface area (Å²) in [7, 11) is 0. The van der Waals surface area contributed by atoms with Gasteiger partial charge >= 0.3 is 5.97 Å². The molecule has 0 fully saturated rings. The second-order valence-electron chi connectivity index (χ2n) is 3.05. The quantitative estimate of drug-likeness (QED) is 0.588. The van der Waals surface area contributed by atoms with Crippen LogP contribution < -0.4 is 0 Å². The smallest absolute Gasteiger partial charge is 0.340 e. The number of benzene rings is 1. The van der Waals surface area contributed by atoms with Crippen molar-refractivity contribution in [1.29, 1.82) is 0 Å². The van der Waals surface area contributed by atoms with Gasteiger partial charge in [-0.1, -0.05) is 11.6 Å². The lowest BCUT2D eigenvalue weighted by molar-refractivity contribution is 0.0524. The number of ether oxygens (including phenoxy) is 1. The SMILES string of the molecule is CCOC(=O)c1c(Cl)cc(C)cc1C=O. The molecule has 3 nitrogen and oxygen atoms in total. The van der Waals surface area contributed by atoms with Crippen LogP contribution in [0.1, 0.15) is 33.2 Å². The molecule has 1 aromatic carbocycles. The Morgan fingerprint density at radius 2 is 2.20 bits per heavy atom. The molecule has 0 saturated carbocycles. The van der Waals surface area contributed by atoms with E-state index in [0.29, 0.717) is 6.29 Å². The molecule has 0 aliphatic heterocycles. The number of aldehydes is 1. The predicted octanol–water partition coefficient (Wildman–Crippen LogP) is 2.64. The normalized spacial score (nSPS) is 9.80. The average molecular weight is 227 g/mol. The lowest BCUT2D eigenvalue weighted by Gasteiger charge is -2.07. The first kappa shape index (κ1) is 11.7. The molecule has 0 saturated heterocycles. The Bertz CT molecular complexity index is 399. The third kappa shape index (κ3) is 2.57. The molecule has 0 spiro atoms. The van der Waals surface area contributed by atoms with Gasteiger partial charge in [0.1, 0.15) is 0 Å². The molecule has 0 unspecified atom stereocenters. The van der Waals surface area contributed by atoms with Crippen LogP contribution in [-0.4, -0.2) is 18.9 Å². The van der Waals surface area contributed by atoms with Gasteiger partial charge in [0.25, 0.3) is 0 Å². The molecule has 0 bridgehead atoms. The van der Waals surface area contributed by atoms with Crippen LogP contribution in [0.3, 0.4) is 0 Å². The summed E-state index contributed by atoms with van der Waals surface area (Å²) >= 11 is 5.88. The van der Waals surface area contributed by atoms with E-state index in [1.54, 1.807) is 26.0 Å². The van der Waals surface area contributed by atoms with E-state index < -0.39 is 5.97 Å². The van der Waals surface area contributed by atoms with E-state index >= 15 is 0 Å². The monoisotopic (exact) mass is 226 g/mol. The van der Waals surface area contributed by atoms with Crippen LogP contribution in [0.4, 0.5) is 0 Å². The fourth-order valence-electron chi connectivity index (χ4n) is 1.28.